The van der Waals surface area contributed by atoms with E-state index in [1.165, 1.54) is 0 Å². The molecule has 26 heavy (non-hydrogen) atoms. The van der Waals surface area contributed by atoms with Gasteiger partial charge in [-0.25, -0.2) is 0 Å². The Hall–Kier alpha value is -2.37. The molecule has 6 heteroatoms. The molecular weight excluding hydrogens is 332 g/mol. The van der Waals surface area contributed by atoms with Gasteiger partial charge in [-0.2, -0.15) is 0 Å². The van der Waals surface area contributed by atoms with Crippen molar-refractivity contribution in [2.75, 3.05) is 20.2 Å². The smallest absolute Gasteiger partial charge is 0.325 e. The number of amides is 2. The summed E-state index contributed by atoms with van der Waals surface area (Å²) in [4.78, 5) is 37.6. The number of carbonyl (C=O) groups excluding carboxylic acids is 3. The molecule has 0 aromatic heterocycles. The molecule has 0 saturated heterocycles. The Kier molecular flexibility index (Phi) is 7.18. The summed E-state index contributed by atoms with van der Waals surface area (Å²) in [6, 6.07) is 7.26. The molecule has 0 unspecified atom stereocenters. The lowest BCUT2D eigenvalue weighted by atomic mass is 9.87. The molecule has 1 aliphatic rings. The van der Waals surface area contributed by atoms with Crippen LogP contribution in [-0.2, 0) is 14.3 Å². The summed E-state index contributed by atoms with van der Waals surface area (Å²) in [5, 5.41) is 2.50. The van der Waals surface area contributed by atoms with Gasteiger partial charge in [0.1, 0.15) is 6.54 Å². The number of nitrogens with zero attached hydrogens (tertiary/aromatic N) is 1. The first-order valence-electron chi connectivity index (χ1n) is 9.13. The van der Waals surface area contributed by atoms with Crippen molar-refractivity contribution in [2.24, 2.45) is 5.92 Å². The lowest BCUT2D eigenvalue weighted by molar-refractivity contribution is -0.151. The van der Waals surface area contributed by atoms with E-state index < -0.39 is 5.97 Å². The van der Waals surface area contributed by atoms with Crippen molar-refractivity contribution in [1.82, 2.24) is 10.2 Å². The Morgan fingerprint density at radius 2 is 1.73 bits per heavy atom. The molecule has 0 radical (unpaired) electrons. The van der Waals surface area contributed by atoms with Crippen molar-refractivity contribution in [3.8, 4) is 0 Å². The zero-order valence-electron chi connectivity index (χ0n) is 15.8. The molecule has 0 spiro atoms. The van der Waals surface area contributed by atoms with Crippen molar-refractivity contribution in [1.29, 1.82) is 0 Å². The molecule has 0 bridgehead atoms. The van der Waals surface area contributed by atoms with Gasteiger partial charge in [0.05, 0.1) is 0 Å². The van der Waals surface area contributed by atoms with E-state index in [9.17, 15) is 14.4 Å². The van der Waals surface area contributed by atoms with E-state index in [1.807, 2.05) is 19.1 Å². The molecule has 2 rings (SSSR count). The Morgan fingerprint density at radius 3 is 2.35 bits per heavy atom. The van der Waals surface area contributed by atoms with Crippen molar-refractivity contribution < 1.29 is 19.1 Å². The van der Waals surface area contributed by atoms with Gasteiger partial charge in [0.2, 0.25) is 0 Å². The van der Waals surface area contributed by atoms with Crippen LogP contribution in [0.2, 0.25) is 0 Å². The van der Waals surface area contributed by atoms with Gasteiger partial charge >= 0.3 is 5.97 Å². The molecule has 1 aromatic rings. The average molecular weight is 360 g/mol. The minimum Gasteiger partial charge on any atom is -0.454 e. The maximum absolute atomic E-state index is 12.2. The van der Waals surface area contributed by atoms with Gasteiger partial charge in [-0.1, -0.05) is 24.6 Å². The number of nitrogens with one attached hydrogen (secondary N) is 1. The summed E-state index contributed by atoms with van der Waals surface area (Å²) in [6.07, 6.45) is 4.22. The van der Waals surface area contributed by atoms with Crippen LogP contribution < -0.4 is 5.32 Å². The highest BCUT2D eigenvalue weighted by atomic mass is 16.5. The minimum atomic E-state index is -0.621. The number of esters is 1. The van der Waals surface area contributed by atoms with Gasteiger partial charge in [-0.3, -0.25) is 14.4 Å². The van der Waals surface area contributed by atoms with E-state index >= 15 is 0 Å². The van der Waals surface area contributed by atoms with Crippen molar-refractivity contribution in [3.05, 3.63) is 35.4 Å². The SMILES string of the molecule is Cc1ccc(C(=O)NCC(=O)OCC(=O)N(C)C2CCC(C)CC2)cc1. The predicted molar refractivity (Wildman–Crippen MR) is 98.7 cm³/mol. The van der Waals surface area contributed by atoms with Crippen LogP contribution in [-0.4, -0.2) is 48.9 Å². The van der Waals surface area contributed by atoms with Crippen LogP contribution in [0.5, 0.6) is 0 Å². The van der Waals surface area contributed by atoms with Crippen molar-refractivity contribution >= 4 is 17.8 Å². The number of likely N-dealkylation sites (N-methyl/N-ethyl adjacent to an activating group) is 1. The highest BCUT2D eigenvalue weighted by molar-refractivity contribution is 5.96. The molecule has 1 fully saturated rings. The minimum absolute atomic E-state index is 0.206. The fourth-order valence-corrected chi connectivity index (χ4v) is 3.09. The Balaban J connectivity index is 1.70. The number of rotatable bonds is 6. The molecule has 6 nitrogen and oxygen atoms in total. The number of hydrogen-bond donors (Lipinski definition) is 1. The van der Waals surface area contributed by atoms with E-state index in [0.717, 1.165) is 31.2 Å². The largest absolute Gasteiger partial charge is 0.454 e. The van der Waals surface area contributed by atoms with E-state index in [0.29, 0.717) is 11.5 Å². The third-order valence-electron chi connectivity index (χ3n) is 4.99. The van der Waals surface area contributed by atoms with Gasteiger partial charge in [-0.15, -0.1) is 0 Å². The lowest BCUT2D eigenvalue weighted by Crippen LogP contribution is -2.42. The monoisotopic (exact) mass is 360 g/mol. The van der Waals surface area contributed by atoms with Gasteiger partial charge in [0.25, 0.3) is 11.8 Å². The highest BCUT2D eigenvalue weighted by Crippen LogP contribution is 2.26. The summed E-state index contributed by atoms with van der Waals surface area (Å²) >= 11 is 0. The highest BCUT2D eigenvalue weighted by Gasteiger charge is 2.25. The normalized spacial score (nSPS) is 19.5. The zero-order valence-corrected chi connectivity index (χ0v) is 15.8. The molecule has 1 aromatic carbocycles. The third kappa shape index (κ3) is 5.86. The molecule has 1 N–H and O–H groups in total. The molecule has 2 amide bonds. The maximum atomic E-state index is 12.2. The number of hydrogen-bond acceptors (Lipinski definition) is 4. The summed E-state index contributed by atoms with van der Waals surface area (Å²) in [5.41, 5.74) is 1.53. The summed E-state index contributed by atoms with van der Waals surface area (Å²) < 4.78 is 5.00. The fraction of sp³-hybridized carbons (Fsp3) is 0.550. The van der Waals surface area contributed by atoms with Crippen LogP contribution in [0.4, 0.5) is 0 Å². The molecule has 0 heterocycles. The van der Waals surface area contributed by atoms with Gasteiger partial charge in [0.15, 0.2) is 6.61 Å². The fourth-order valence-electron chi connectivity index (χ4n) is 3.09. The van der Waals surface area contributed by atoms with Crippen molar-refractivity contribution in [3.63, 3.8) is 0 Å². The lowest BCUT2D eigenvalue weighted by Gasteiger charge is -2.33. The second kappa shape index (κ2) is 9.36. The summed E-state index contributed by atoms with van der Waals surface area (Å²) in [7, 11) is 1.76. The first kappa shape index (κ1) is 19.9. The maximum Gasteiger partial charge on any atom is 0.325 e. The number of ether oxygens (including phenoxy) is 1. The predicted octanol–water partition coefficient (Wildman–Crippen LogP) is 2.31. The second-order valence-corrected chi connectivity index (χ2v) is 7.13. The zero-order chi connectivity index (χ0) is 19.1. The average Bonchev–Trinajstić information content (AvgIpc) is 2.64. The standard InChI is InChI=1S/C20H28N2O4/c1-14-4-8-16(9-5-14)20(25)21-12-19(24)26-13-18(23)22(3)17-10-6-15(2)7-11-17/h4-5,8-9,15,17H,6-7,10-13H2,1-3H3,(H,21,25). The van der Waals surface area contributed by atoms with Gasteiger partial charge in [0, 0.05) is 18.7 Å². The molecular formula is C20H28N2O4. The van der Waals surface area contributed by atoms with E-state index in [1.54, 1.807) is 24.1 Å². The number of aryl methyl sites for hydroxylation is 1. The number of benzene rings is 1. The topological polar surface area (TPSA) is 75.7 Å². The third-order valence-corrected chi connectivity index (χ3v) is 4.99. The van der Waals surface area contributed by atoms with Crippen LogP contribution in [0, 0.1) is 12.8 Å². The molecule has 1 saturated carbocycles. The van der Waals surface area contributed by atoms with E-state index in [-0.39, 0.29) is 31.0 Å². The van der Waals surface area contributed by atoms with Gasteiger partial charge in [-0.05, 0) is 50.7 Å². The van der Waals surface area contributed by atoms with E-state index in [2.05, 4.69) is 12.2 Å². The van der Waals surface area contributed by atoms with Crippen LogP contribution >= 0.6 is 0 Å². The first-order valence-corrected chi connectivity index (χ1v) is 9.13. The van der Waals surface area contributed by atoms with Crippen LogP contribution in [0.3, 0.4) is 0 Å². The summed E-state index contributed by atoms with van der Waals surface area (Å²) in [6.45, 7) is 3.61. The molecule has 142 valence electrons. The number of carbonyl (C=O) groups is 3. The van der Waals surface area contributed by atoms with Crippen LogP contribution in [0.25, 0.3) is 0 Å². The van der Waals surface area contributed by atoms with E-state index in [4.69, 9.17) is 4.74 Å². The molecule has 0 atom stereocenters. The Morgan fingerprint density at radius 1 is 1.12 bits per heavy atom. The quantitative estimate of drug-likeness (QED) is 0.790. The first-order chi connectivity index (χ1) is 12.4. The second-order valence-electron chi connectivity index (χ2n) is 7.13. The molecule has 0 aliphatic heterocycles. The summed E-state index contributed by atoms with van der Waals surface area (Å²) in [5.74, 6) is -0.460. The molecule has 1 aliphatic carbocycles. The van der Waals surface area contributed by atoms with Gasteiger partial charge < -0.3 is 15.0 Å². The van der Waals surface area contributed by atoms with Crippen molar-refractivity contribution in [2.45, 2.75) is 45.6 Å². The Labute approximate surface area is 154 Å². The van der Waals surface area contributed by atoms with Crippen LogP contribution in [0.15, 0.2) is 24.3 Å². The Bertz CT molecular complexity index is 634. The van der Waals surface area contributed by atoms with Crippen LogP contribution in [0.1, 0.15) is 48.5 Å².